The number of nitrogens with zero attached hydrogens (tertiary/aromatic N) is 2. The van der Waals surface area contributed by atoms with Crippen molar-refractivity contribution in [2.45, 2.75) is 6.10 Å². The maximum atomic E-state index is 9.83. The van der Waals surface area contributed by atoms with Crippen LogP contribution in [0.2, 0.25) is 0 Å². The molecule has 0 spiro atoms. The fourth-order valence-corrected chi connectivity index (χ4v) is 1.66. The molecule has 1 atom stereocenters. The summed E-state index contributed by atoms with van der Waals surface area (Å²) in [7, 11) is 3.46. The van der Waals surface area contributed by atoms with Crippen LogP contribution in [0.25, 0.3) is 0 Å². The van der Waals surface area contributed by atoms with Gasteiger partial charge in [0.1, 0.15) is 30.0 Å². The molecule has 0 saturated heterocycles. The lowest BCUT2D eigenvalue weighted by Crippen LogP contribution is -2.26. The quantitative estimate of drug-likeness (QED) is 0.798. The lowest BCUT2D eigenvalue weighted by molar-refractivity contribution is 0.117. The van der Waals surface area contributed by atoms with E-state index >= 15 is 0 Å². The van der Waals surface area contributed by atoms with Gasteiger partial charge in [-0.15, -0.1) is 0 Å². The molecule has 0 aliphatic heterocycles. The van der Waals surface area contributed by atoms with Crippen molar-refractivity contribution in [2.75, 3.05) is 25.6 Å². The maximum absolute atomic E-state index is 9.83. The molecule has 0 saturated carbocycles. The summed E-state index contributed by atoms with van der Waals surface area (Å²) >= 11 is 0. The van der Waals surface area contributed by atoms with E-state index in [-0.39, 0.29) is 6.61 Å². The second kappa shape index (κ2) is 6.81. The molecule has 2 rings (SSSR count). The Bertz CT molecular complexity index is 525. The second-order valence-corrected chi connectivity index (χ2v) is 4.40. The fourth-order valence-electron chi connectivity index (χ4n) is 1.66. The minimum atomic E-state index is -0.612. The van der Waals surface area contributed by atoms with E-state index in [9.17, 15) is 5.11 Å². The Balaban J connectivity index is 1.72. The van der Waals surface area contributed by atoms with Crippen LogP contribution in [-0.4, -0.2) is 41.3 Å². The van der Waals surface area contributed by atoms with E-state index < -0.39 is 6.10 Å². The van der Waals surface area contributed by atoms with Gasteiger partial charge in [-0.3, -0.25) is 4.68 Å². The summed E-state index contributed by atoms with van der Waals surface area (Å²) in [6, 6.07) is 9.08. The molecular formula is C14H19N3O3. The van der Waals surface area contributed by atoms with E-state index in [0.29, 0.717) is 12.3 Å². The van der Waals surface area contributed by atoms with Gasteiger partial charge in [0.05, 0.1) is 7.11 Å². The Hall–Kier alpha value is -2.21. The number of nitrogens with one attached hydrogen (secondary N) is 1. The lowest BCUT2D eigenvalue weighted by Gasteiger charge is -2.13. The number of methoxy groups -OCH3 is 1. The molecule has 1 heterocycles. The Morgan fingerprint density at radius 3 is 2.55 bits per heavy atom. The number of hydrogen-bond donors (Lipinski definition) is 2. The first kappa shape index (κ1) is 14.2. The van der Waals surface area contributed by atoms with Gasteiger partial charge in [0.25, 0.3) is 0 Å². The van der Waals surface area contributed by atoms with Crippen LogP contribution in [0.15, 0.2) is 36.5 Å². The van der Waals surface area contributed by atoms with Crippen molar-refractivity contribution in [2.24, 2.45) is 7.05 Å². The molecule has 6 nitrogen and oxygen atoms in total. The summed E-state index contributed by atoms with van der Waals surface area (Å²) in [4.78, 5) is 0. The summed E-state index contributed by atoms with van der Waals surface area (Å²) in [6.07, 6.45) is 1.22. The van der Waals surface area contributed by atoms with Crippen LogP contribution in [-0.2, 0) is 7.05 Å². The SMILES string of the molecule is COc1ccc(OCC(O)CNc2ccn(C)n2)cc1. The highest BCUT2D eigenvalue weighted by molar-refractivity contribution is 5.32. The molecule has 0 bridgehead atoms. The van der Waals surface area contributed by atoms with Gasteiger partial charge in [0.15, 0.2) is 0 Å². The fraction of sp³-hybridized carbons (Fsp3) is 0.357. The number of aliphatic hydroxyl groups is 1. The zero-order chi connectivity index (χ0) is 14.4. The molecule has 20 heavy (non-hydrogen) atoms. The van der Waals surface area contributed by atoms with Gasteiger partial charge in [-0.25, -0.2) is 0 Å². The number of rotatable bonds is 7. The monoisotopic (exact) mass is 277 g/mol. The number of aromatic nitrogens is 2. The third kappa shape index (κ3) is 4.17. The highest BCUT2D eigenvalue weighted by Crippen LogP contribution is 2.17. The first-order chi connectivity index (χ1) is 9.67. The highest BCUT2D eigenvalue weighted by atomic mass is 16.5. The van der Waals surface area contributed by atoms with Crippen LogP contribution < -0.4 is 14.8 Å². The van der Waals surface area contributed by atoms with Gasteiger partial charge < -0.3 is 19.9 Å². The van der Waals surface area contributed by atoms with Crippen molar-refractivity contribution >= 4 is 5.82 Å². The summed E-state index contributed by atoms with van der Waals surface area (Å²) in [5.74, 6) is 2.20. The smallest absolute Gasteiger partial charge is 0.148 e. The van der Waals surface area contributed by atoms with Gasteiger partial charge in [0.2, 0.25) is 0 Å². The molecule has 6 heteroatoms. The first-order valence-corrected chi connectivity index (χ1v) is 6.36. The van der Waals surface area contributed by atoms with Crippen LogP contribution >= 0.6 is 0 Å². The molecule has 108 valence electrons. The molecule has 0 fully saturated rings. The second-order valence-electron chi connectivity index (χ2n) is 4.40. The molecule has 0 aliphatic carbocycles. The number of anilines is 1. The number of ether oxygens (including phenoxy) is 2. The Morgan fingerprint density at radius 1 is 1.25 bits per heavy atom. The van der Waals surface area contributed by atoms with E-state index in [1.165, 1.54) is 0 Å². The van der Waals surface area contributed by atoms with Crippen molar-refractivity contribution in [3.63, 3.8) is 0 Å². The zero-order valence-electron chi connectivity index (χ0n) is 11.6. The summed E-state index contributed by atoms with van der Waals surface area (Å²) in [5.41, 5.74) is 0. The Labute approximate surface area is 117 Å². The molecule has 2 aromatic rings. The predicted molar refractivity (Wildman–Crippen MR) is 76.2 cm³/mol. The minimum absolute atomic E-state index is 0.214. The van der Waals surface area contributed by atoms with Crippen molar-refractivity contribution < 1.29 is 14.6 Å². The summed E-state index contributed by atoms with van der Waals surface area (Å²) in [5, 5.41) is 17.0. The highest BCUT2D eigenvalue weighted by Gasteiger charge is 2.06. The molecule has 0 radical (unpaired) electrons. The maximum Gasteiger partial charge on any atom is 0.148 e. The zero-order valence-corrected chi connectivity index (χ0v) is 11.6. The van der Waals surface area contributed by atoms with Crippen LogP contribution in [0.5, 0.6) is 11.5 Å². The van der Waals surface area contributed by atoms with Crippen molar-refractivity contribution in [1.82, 2.24) is 9.78 Å². The summed E-state index contributed by atoms with van der Waals surface area (Å²) < 4.78 is 12.2. The molecule has 2 N–H and O–H groups in total. The molecule has 0 amide bonds. The third-order valence-corrected chi connectivity index (χ3v) is 2.73. The molecule has 1 unspecified atom stereocenters. The summed E-state index contributed by atoms with van der Waals surface area (Å²) in [6.45, 7) is 0.597. The van der Waals surface area contributed by atoms with Crippen LogP contribution in [0.1, 0.15) is 0 Å². The molecular weight excluding hydrogens is 258 g/mol. The van der Waals surface area contributed by atoms with E-state index in [4.69, 9.17) is 9.47 Å². The van der Waals surface area contributed by atoms with E-state index in [1.807, 2.05) is 31.4 Å². The Morgan fingerprint density at radius 2 is 1.95 bits per heavy atom. The molecule has 1 aromatic carbocycles. The largest absolute Gasteiger partial charge is 0.497 e. The van der Waals surface area contributed by atoms with Gasteiger partial charge in [0, 0.05) is 25.9 Å². The third-order valence-electron chi connectivity index (χ3n) is 2.73. The van der Waals surface area contributed by atoms with Gasteiger partial charge in [-0.05, 0) is 24.3 Å². The molecule has 0 aliphatic rings. The number of aryl methyl sites for hydroxylation is 1. The lowest BCUT2D eigenvalue weighted by atomic mass is 10.3. The standard InChI is InChI=1S/C14H19N3O3/c1-17-8-7-14(16-17)15-9-11(18)10-20-13-5-3-12(19-2)4-6-13/h3-8,11,18H,9-10H2,1-2H3,(H,15,16). The topological polar surface area (TPSA) is 68.5 Å². The molecule has 1 aromatic heterocycles. The number of benzene rings is 1. The Kier molecular flexibility index (Phi) is 4.84. The number of aliphatic hydroxyl groups excluding tert-OH is 1. The minimum Gasteiger partial charge on any atom is -0.497 e. The van der Waals surface area contributed by atoms with E-state index in [2.05, 4.69) is 10.4 Å². The van der Waals surface area contributed by atoms with E-state index in [0.717, 1.165) is 11.6 Å². The normalized spacial score (nSPS) is 11.9. The van der Waals surface area contributed by atoms with Gasteiger partial charge >= 0.3 is 0 Å². The van der Waals surface area contributed by atoms with Crippen LogP contribution in [0, 0.1) is 0 Å². The van der Waals surface area contributed by atoms with Gasteiger partial charge in [-0.2, -0.15) is 5.10 Å². The van der Waals surface area contributed by atoms with Crippen LogP contribution in [0.4, 0.5) is 5.82 Å². The van der Waals surface area contributed by atoms with Crippen LogP contribution in [0.3, 0.4) is 0 Å². The first-order valence-electron chi connectivity index (χ1n) is 6.36. The van der Waals surface area contributed by atoms with Crippen molar-refractivity contribution in [3.05, 3.63) is 36.5 Å². The average Bonchev–Trinajstić information content (AvgIpc) is 2.89. The average molecular weight is 277 g/mol. The van der Waals surface area contributed by atoms with Crippen molar-refractivity contribution in [3.8, 4) is 11.5 Å². The van der Waals surface area contributed by atoms with E-state index in [1.54, 1.807) is 23.9 Å². The predicted octanol–water partition coefficient (Wildman–Crippen LogP) is 1.28. The number of hydrogen-bond acceptors (Lipinski definition) is 5. The van der Waals surface area contributed by atoms with Gasteiger partial charge in [-0.1, -0.05) is 0 Å². The van der Waals surface area contributed by atoms with Crippen molar-refractivity contribution in [1.29, 1.82) is 0 Å².